The molecular formula is C11H21N3O2. The van der Waals surface area contributed by atoms with Crippen molar-refractivity contribution in [3.8, 4) is 0 Å². The first-order valence-corrected chi connectivity index (χ1v) is 5.73. The molecule has 5 heteroatoms. The second-order valence-corrected chi connectivity index (χ2v) is 4.48. The zero-order valence-electron chi connectivity index (χ0n) is 10.2. The van der Waals surface area contributed by atoms with Crippen molar-refractivity contribution in [2.75, 3.05) is 27.2 Å². The zero-order chi connectivity index (χ0) is 12.1. The minimum absolute atomic E-state index is 0.0343. The lowest BCUT2D eigenvalue weighted by molar-refractivity contribution is -0.134. The topological polar surface area (TPSA) is 61.4 Å². The summed E-state index contributed by atoms with van der Waals surface area (Å²) in [7, 11) is 3.61. The molecule has 1 aliphatic heterocycles. The van der Waals surface area contributed by atoms with Crippen LogP contribution in [0.25, 0.3) is 0 Å². The largest absolute Gasteiger partial charge is 0.351 e. The number of likely N-dealkylation sites (tertiary alicyclic amines) is 1. The first kappa shape index (κ1) is 13.0. The van der Waals surface area contributed by atoms with E-state index in [1.807, 2.05) is 14.0 Å². The van der Waals surface area contributed by atoms with Crippen LogP contribution in [0.1, 0.15) is 19.8 Å². The number of carbonyl (C=O) groups is 2. The van der Waals surface area contributed by atoms with E-state index in [9.17, 15) is 9.59 Å². The highest BCUT2D eigenvalue weighted by molar-refractivity contribution is 5.80. The fourth-order valence-electron chi connectivity index (χ4n) is 1.87. The Morgan fingerprint density at radius 2 is 2.31 bits per heavy atom. The van der Waals surface area contributed by atoms with Gasteiger partial charge in [-0.15, -0.1) is 0 Å². The Bertz CT molecular complexity index is 268. The van der Waals surface area contributed by atoms with Crippen molar-refractivity contribution in [3.63, 3.8) is 0 Å². The smallest absolute Gasteiger partial charge is 0.224 e. The highest BCUT2D eigenvalue weighted by Crippen LogP contribution is 2.10. The molecule has 5 nitrogen and oxygen atoms in total. The van der Waals surface area contributed by atoms with E-state index in [2.05, 4.69) is 10.6 Å². The number of hydrogen-bond donors (Lipinski definition) is 2. The normalized spacial score (nSPS) is 23.1. The summed E-state index contributed by atoms with van der Waals surface area (Å²) in [4.78, 5) is 24.7. The average Bonchev–Trinajstić information content (AvgIpc) is 2.24. The molecule has 0 aromatic carbocycles. The maximum Gasteiger partial charge on any atom is 0.224 e. The summed E-state index contributed by atoms with van der Waals surface area (Å²) in [6.45, 7) is 3.19. The molecule has 1 fully saturated rings. The molecule has 2 atom stereocenters. The molecule has 0 radical (unpaired) electrons. The molecule has 0 aliphatic carbocycles. The monoisotopic (exact) mass is 227 g/mol. The molecular weight excluding hydrogens is 206 g/mol. The predicted molar refractivity (Wildman–Crippen MR) is 61.9 cm³/mol. The lowest BCUT2D eigenvalue weighted by Gasteiger charge is -2.30. The van der Waals surface area contributed by atoms with Gasteiger partial charge in [-0.2, -0.15) is 0 Å². The van der Waals surface area contributed by atoms with Crippen LogP contribution in [0.15, 0.2) is 0 Å². The number of piperidine rings is 1. The number of amides is 2. The van der Waals surface area contributed by atoms with Crippen LogP contribution in [0.2, 0.25) is 0 Å². The van der Waals surface area contributed by atoms with E-state index < -0.39 is 0 Å². The second kappa shape index (κ2) is 5.84. The van der Waals surface area contributed by atoms with E-state index in [0.717, 1.165) is 6.42 Å². The summed E-state index contributed by atoms with van der Waals surface area (Å²) < 4.78 is 0. The third-order valence-electron chi connectivity index (χ3n) is 2.93. The molecule has 0 aromatic rings. The number of carbonyl (C=O) groups excluding carboxylic acids is 2. The van der Waals surface area contributed by atoms with Crippen LogP contribution >= 0.6 is 0 Å². The Balaban J connectivity index is 2.37. The van der Waals surface area contributed by atoms with Crippen LogP contribution in [-0.2, 0) is 9.59 Å². The van der Waals surface area contributed by atoms with Gasteiger partial charge in [-0.25, -0.2) is 0 Å². The van der Waals surface area contributed by atoms with Gasteiger partial charge in [0.25, 0.3) is 0 Å². The Morgan fingerprint density at radius 1 is 1.62 bits per heavy atom. The van der Waals surface area contributed by atoms with E-state index in [1.165, 1.54) is 0 Å². The summed E-state index contributed by atoms with van der Waals surface area (Å²) in [5.41, 5.74) is 0. The Kier molecular flexibility index (Phi) is 4.73. The van der Waals surface area contributed by atoms with Crippen molar-refractivity contribution in [1.29, 1.82) is 0 Å². The molecule has 1 aliphatic rings. The quantitative estimate of drug-likeness (QED) is 0.685. The van der Waals surface area contributed by atoms with E-state index in [0.29, 0.717) is 19.5 Å². The fraction of sp³-hybridized carbons (Fsp3) is 0.818. The Morgan fingerprint density at radius 3 is 2.88 bits per heavy atom. The molecule has 2 unspecified atom stereocenters. The van der Waals surface area contributed by atoms with E-state index in [4.69, 9.17) is 0 Å². The highest BCUT2D eigenvalue weighted by Gasteiger charge is 2.25. The van der Waals surface area contributed by atoms with Gasteiger partial charge >= 0.3 is 0 Å². The van der Waals surface area contributed by atoms with E-state index in [1.54, 1.807) is 11.9 Å². The first-order valence-electron chi connectivity index (χ1n) is 5.73. The fourth-order valence-corrected chi connectivity index (χ4v) is 1.87. The number of nitrogens with one attached hydrogen (secondary N) is 2. The average molecular weight is 227 g/mol. The van der Waals surface area contributed by atoms with Gasteiger partial charge in [0.05, 0.1) is 0 Å². The lowest BCUT2D eigenvalue weighted by Crippen LogP contribution is -2.50. The van der Waals surface area contributed by atoms with Gasteiger partial charge in [-0.1, -0.05) is 6.92 Å². The van der Waals surface area contributed by atoms with Crippen molar-refractivity contribution >= 4 is 11.8 Å². The molecule has 0 bridgehead atoms. The number of rotatable bonds is 4. The van der Waals surface area contributed by atoms with E-state index in [-0.39, 0.29) is 23.8 Å². The van der Waals surface area contributed by atoms with Gasteiger partial charge in [-0.3, -0.25) is 9.59 Å². The van der Waals surface area contributed by atoms with Gasteiger partial charge in [0.2, 0.25) is 11.8 Å². The molecule has 1 heterocycles. The van der Waals surface area contributed by atoms with Crippen molar-refractivity contribution in [2.45, 2.75) is 25.8 Å². The molecule has 0 aromatic heterocycles. The summed E-state index contributed by atoms with van der Waals surface area (Å²) in [5, 5.41) is 5.96. The van der Waals surface area contributed by atoms with Gasteiger partial charge < -0.3 is 15.5 Å². The third-order valence-corrected chi connectivity index (χ3v) is 2.93. The van der Waals surface area contributed by atoms with Crippen LogP contribution in [0.5, 0.6) is 0 Å². The van der Waals surface area contributed by atoms with Crippen LogP contribution in [0.4, 0.5) is 0 Å². The summed E-state index contributed by atoms with van der Waals surface area (Å²) in [6.07, 6.45) is 1.28. The number of hydrogen-bond acceptors (Lipinski definition) is 3. The molecule has 92 valence electrons. The maximum absolute atomic E-state index is 11.7. The number of nitrogens with zero attached hydrogens (tertiary/aromatic N) is 1. The van der Waals surface area contributed by atoms with Gasteiger partial charge in [-0.05, 0) is 13.5 Å². The van der Waals surface area contributed by atoms with Crippen molar-refractivity contribution in [2.24, 2.45) is 5.92 Å². The van der Waals surface area contributed by atoms with Crippen molar-refractivity contribution in [1.82, 2.24) is 15.5 Å². The van der Waals surface area contributed by atoms with Crippen LogP contribution in [0, 0.1) is 5.92 Å². The molecule has 2 N–H and O–H groups in total. The van der Waals surface area contributed by atoms with Gasteiger partial charge in [0.1, 0.15) is 0 Å². The second-order valence-electron chi connectivity index (χ2n) is 4.48. The number of likely N-dealkylation sites (N-methyl/N-ethyl adjacent to an activating group) is 1. The van der Waals surface area contributed by atoms with Crippen LogP contribution in [0.3, 0.4) is 0 Å². The highest BCUT2D eigenvalue weighted by atomic mass is 16.2. The first-order chi connectivity index (χ1) is 7.54. The van der Waals surface area contributed by atoms with Crippen molar-refractivity contribution < 1.29 is 9.59 Å². The Hall–Kier alpha value is -1.10. The minimum Gasteiger partial charge on any atom is -0.351 e. The summed E-state index contributed by atoms with van der Waals surface area (Å²) >= 11 is 0. The molecule has 2 amide bonds. The molecule has 0 saturated carbocycles. The maximum atomic E-state index is 11.7. The SMILES string of the molecule is CNCC(C)C(=O)NC1CCC(=O)N(C)C1. The van der Waals surface area contributed by atoms with E-state index >= 15 is 0 Å². The summed E-state index contributed by atoms with van der Waals surface area (Å²) in [5.74, 6) is 0.184. The summed E-state index contributed by atoms with van der Waals surface area (Å²) in [6, 6.07) is 0.106. The van der Waals surface area contributed by atoms with Gasteiger partial charge in [0, 0.05) is 38.5 Å². The zero-order valence-corrected chi connectivity index (χ0v) is 10.2. The lowest BCUT2D eigenvalue weighted by atomic mass is 10.0. The van der Waals surface area contributed by atoms with Crippen LogP contribution < -0.4 is 10.6 Å². The minimum atomic E-state index is -0.0343. The van der Waals surface area contributed by atoms with Gasteiger partial charge in [0.15, 0.2) is 0 Å². The van der Waals surface area contributed by atoms with Crippen molar-refractivity contribution in [3.05, 3.63) is 0 Å². The Labute approximate surface area is 96.6 Å². The molecule has 16 heavy (non-hydrogen) atoms. The molecule has 0 spiro atoms. The predicted octanol–water partition coefficient (Wildman–Crippen LogP) is -0.421. The molecule has 1 saturated heterocycles. The van der Waals surface area contributed by atoms with Crippen LogP contribution in [-0.4, -0.2) is 49.9 Å². The standard InChI is InChI=1S/C11H21N3O2/c1-8(6-12-2)11(16)13-9-4-5-10(15)14(3)7-9/h8-9,12H,4-7H2,1-3H3,(H,13,16). The molecule has 1 rings (SSSR count). The third kappa shape index (κ3) is 3.48.